The van der Waals surface area contributed by atoms with Gasteiger partial charge in [0.2, 0.25) is 0 Å². The Hall–Kier alpha value is -2.70. The van der Waals surface area contributed by atoms with Gasteiger partial charge in [0, 0.05) is 35.2 Å². The van der Waals surface area contributed by atoms with E-state index in [0.717, 1.165) is 48.6 Å². The zero-order valence-corrected chi connectivity index (χ0v) is 16.0. The van der Waals surface area contributed by atoms with Crippen LogP contribution in [0.3, 0.4) is 0 Å². The molecule has 3 aromatic rings. The summed E-state index contributed by atoms with van der Waals surface area (Å²) in [5, 5.41) is 17.1. The van der Waals surface area contributed by atoms with E-state index >= 15 is 0 Å². The van der Waals surface area contributed by atoms with Gasteiger partial charge in [0.25, 0.3) is 5.91 Å². The van der Waals surface area contributed by atoms with Crippen molar-refractivity contribution in [1.29, 1.82) is 0 Å². The van der Waals surface area contributed by atoms with E-state index in [4.69, 9.17) is 0 Å². The van der Waals surface area contributed by atoms with E-state index in [1.54, 1.807) is 0 Å². The van der Waals surface area contributed by atoms with Crippen molar-refractivity contribution in [3.63, 3.8) is 0 Å². The molecule has 7 heteroatoms. The molecule has 4 aliphatic rings. The molecule has 1 amide bonds. The number of hydrogen-bond donors (Lipinski definition) is 1. The molecule has 0 spiro atoms. The van der Waals surface area contributed by atoms with Crippen molar-refractivity contribution in [1.82, 2.24) is 30.1 Å². The van der Waals surface area contributed by atoms with Crippen LogP contribution >= 0.6 is 0 Å². The van der Waals surface area contributed by atoms with Crippen LogP contribution in [-0.2, 0) is 12.6 Å². The summed E-state index contributed by atoms with van der Waals surface area (Å²) in [6, 6.07) is 8.00. The minimum atomic E-state index is -0.161. The number of hydrogen-bond acceptors (Lipinski definition) is 4. The van der Waals surface area contributed by atoms with E-state index in [1.807, 2.05) is 36.2 Å². The van der Waals surface area contributed by atoms with E-state index in [1.165, 1.54) is 12.7 Å². The van der Waals surface area contributed by atoms with Gasteiger partial charge in [-0.05, 0) is 73.8 Å². The Morgan fingerprint density at radius 3 is 2.75 bits per heavy atom. The summed E-state index contributed by atoms with van der Waals surface area (Å²) in [6.07, 6.45) is 10.0. The molecular weight excluding hydrogens is 352 g/mol. The molecule has 0 radical (unpaired) electrons. The molecule has 2 heterocycles. The van der Waals surface area contributed by atoms with Crippen LogP contribution in [0.15, 0.2) is 36.8 Å². The number of aromatic nitrogens is 5. The lowest BCUT2D eigenvalue weighted by Crippen LogP contribution is -2.66. The van der Waals surface area contributed by atoms with Crippen molar-refractivity contribution in [2.75, 3.05) is 0 Å². The SMILES string of the molecule is Cn1ccc2c(C(=O)NC34C[C@H]5C[C@@H](C3)CC(n3ncnn3)(C5)C4)cccc21. The maximum Gasteiger partial charge on any atom is 0.252 e. The molecule has 4 aliphatic carbocycles. The van der Waals surface area contributed by atoms with Crippen LogP contribution in [0.4, 0.5) is 0 Å². The van der Waals surface area contributed by atoms with Crippen LogP contribution < -0.4 is 5.32 Å². The molecule has 4 saturated carbocycles. The second-order valence-electron chi connectivity index (χ2n) is 9.31. The molecule has 7 nitrogen and oxygen atoms in total. The molecule has 0 saturated heterocycles. The van der Waals surface area contributed by atoms with Crippen molar-refractivity contribution in [3.8, 4) is 0 Å². The molecule has 4 bridgehead atoms. The van der Waals surface area contributed by atoms with Gasteiger partial charge in [-0.1, -0.05) is 6.07 Å². The highest BCUT2D eigenvalue weighted by molar-refractivity contribution is 6.06. The topological polar surface area (TPSA) is 77.6 Å². The van der Waals surface area contributed by atoms with Gasteiger partial charge in [-0.3, -0.25) is 4.79 Å². The minimum Gasteiger partial charge on any atom is -0.351 e. The molecule has 144 valence electrons. The van der Waals surface area contributed by atoms with E-state index in [2.05, 4.69) is 31.4 Å². The summed E-state index contributed by atoms with van der Waals surface area (Å²) in [5.41, 5.74) is 1.60. The minimum absolute atomic E-state index is 0.0421. The van der Waals surface area contributed by atoms with E-state index in [-0.39, 0.29) is 17.0 Å². The summed E-state index contributed by atoms with van der Waals surface area (Å²) < 4.78 is 2.06. The van der Waals surface area contributed by atoms with Crippen molar-refractivity contribution in [3.05, 3.63) is 42.4 Å². The predicted molar refractivity (Wildman–Crippen MR) is 104 cm³/mol. The second kappa shape index (κ2) is 5.43. The van der Waals surface area contributed by atoms with Crippen molar-refractivity contribution < 1.29 is 4.79 Å². The Labute approximate surface area is 163 Å². The van der Waals surface area contributed by atoms with Crippen LogP contribution in [0.25, 0.3) is 10.9 Å². The summed E-state index contributed by atoms with van der Waals surface area (Å²) >= 11 is 0. The summed E-state index contributed by atoms with van der Waals surface area (Å²) in [6.45, 7) is 0. The fourth-order valence-corrected chi connectivity index (χ4v) is 6.79. The first-order valence-electron chi connectivity index (χ1n) is 10.2. The van der Waals surface area contributed by atoms with Gasteiger partial charge in [0.05, 0.1) is 5.54 Å². The normalized spacial score (nSPS) is 33.5. The number of nitrogens with one attached hydrogen (secondary N) is 1. The molecular formula is C21H24N6O. The fourth-order valence-electron chi connectivity index (χ4n) is 6.79. The van der Waals surface area contributed by atoms with Crippen LogP contribution in [0.1, 0.15) is 48.9 Å². The maximum absolute atomic E-state index is 13.4. The van der Waals surface area contributed by atoms with Gasteiger partial charge in [-0.2, -0.15) is 4.80 Å². The largest absolute Gasteiger partial charge is 0.351 e. The molecule has 28 heavy (non-hydrogen) atoms. The number of aryl methyl sites for hydroxylation is 1. The van der Waals surface area contributed by atoms with Gasteiger partial charge in [-0.15, -0.1) is 10.2 Å². The van der Waals surface area contributed by atoms with E-state index in [0.29, 0.717) is 11.8 Å². The third-order valence-corrected chi connectivity index (χ3v) is 7.35. The first-order valence-corrected chi connectivity index (χ1v) is 10.2. The van der Waals surface area contributed by atoms with Crippen molar-refractivity contribution >= 4 is 16.8 Å². The van der Waals surface area contributed by atoms with Gasteiger partial charge >= 0.3 is 0 Å². The van der Waals surface area contributed by atoms with Gasteiger partial charge in [0.15, 0.2) is 6.33 Å². The number of carbonyl (C=O) groups is 1. The lowest BCUT2D eigenvalue weighted by Gasteiger charge is -2.61. The summed E-state index contributed by atoms with van der Waals surface area (Å²) in [4.78, 5) is 15.2. The van der Waals surface area contributed by atoms with Crippen molar-refractivity contribution in [2.24, 2.45) is 18.9 Å². The fraction of sp³-hybridized carbons (Fsp3) is 0.524. The van der Waals surface area contributed by atoms with Crippen LogP contribution in [0.5, 0.6) is 0 Å². The summed E-state index contributed by atoms with van der Waals surface area (Å²) in [5.74, 6) is 1.29. The molecule has 1 N–H and O–H groups in total. The predicted octanol–water partition coefficient (Wildman–Crippen LogP) is 2.64. The number of rotatable bonds is 3. The number of amides is 1. The average Bonchev–Trinajstić information content (AvgIpc) is 3.31. The van der Waals surface area contributed by atoms with E-state index < -0.39 is 0 Å². The maximum atomic E-state index is 13.4. The molecule has 4 atom stereocenters. The van der Waals surface area contributed by atoms with Gasteiger partial charge < -0.3 is 9.88 Å². The number of tetrazole rings is 1. The Balaban J connectivity index is 1.36. The highest BCUT2D eigenvalue weighted by Gasteiger charge is 2.60. The highest BCUT2D eigenvalue weighted by atomic mass is 16.1. The molecule has 2 aromatic heterocycles. The molecule has 4 fully saturated rings. The first kappa shape index (κ1) is 16.3. The van der Waals surface area contributed by atoms with Crippen LogP contribution in [0.2, 0.25) is 0 Å². The monoisotopic (exact) mass is 376 g/mol. The third-order valence-electron chi connectivity index (χ3n) is 7.35. The Kier molecular flexibility index (Phi) is 3.15. The lowest BCUT2D eigenvalue weighted by molar-refractivity contribution is -0.0810. The quantitative estimate of drug-likeness (QED) is 0.762. The van der Waals surface area contributed by atoms with E-state index in [9.17, 15) is 4.79 Å². The standard InChI is InChI=1S/C21H24N6O/c1-26-6-5-16-17(3-2-4-18(16)26)19(28)24-20-8-14-7-15(9-20)11-21(10-14,12-20)27-23-13-22-25-27/h2-6,13-15H,7-12H2,1H3,(H,24,28)/t14-,15+,20?,21?. The van der Waals surface area contributed by atoms with Crippen LogP contribution in [-0.4, -0.2) is 36.2 Å². The second-order valence-corrected chi connectivity index (χ2v) is 9.31. The van der Waals surface area contributed by atoms with Gasteiger partial charge in [0.1, 0.15) is 0 Å². The highest BCUT2D eigenvalue weighted by Crippen LogP contribution is 2.60. The average molecular weight is 376 g/mol. The Bertz CT molecular complexity index is 1050. The molecule has 2 unspecified atom stereocenters. The zero-order chi connectivity index (χ0) is 18.9. The summed E-state index contributed by atoms with van der Waals surface area (Å²) in [7, 11) is 2.01. The number of benzene rings is 1. The number of nitrogens with zero attached hydrogens (tertiary/aromatic N) is 5. The van der Waals surface area contributed by atoms with Crippen LogP contribution in [0, 0.1) is 11.8 Å². The van der Waals surface area contributed by atoms with Crippen molar-refractivity contribution in [2.45, 2.75) is 49.6 Å². The Morgan fingerprint density at radius 1 is 1.18 bits per heavy atom. The smallest absolute Gasteiger partial charge is 0.252 e. The third kappa shape index (κ3) is 2.22. The zero-order valence-electron chi connectivity index (χ0n) is 16.0. The number of carbonyl (C=O) groups excluding carboxylic acids is 1. The Morgan fingerprint density at radius 2 is 2.00 bits per heavy atom. The first-order chi connectivity index (χ1) is 13.6. The number of fused-ring (bicyclic) bond motifs is 1. The molecule has 7 rings (SSSR count). The van der Waals surface area contributed by atoms with Gasteiger partial charge in [-0.25, -0.2) is 0 Å². The lowest BCUT2D eigenvalue weighted by atomic mass is 9.50. The molecule has 0 aliphatic heterocycles. The molecule has 1 aromatic carbocycles.